The number of aliphatic hydroxyl groups excluding tert-OH is 1. The van der Waals surface area contributed by atoms with Crippen molar-refractivity contribution in [1.29, 1.82) is 0 Å². The summed E-state index contributed by atoms with van der Waals surface area (Å²) in [6.07, 6.45) is 18.6. The Morgan fingerprint density at radius 3 is 1.35 bits per heavy atom. The van der Waals surface area contributed by atoms with Gasteiger partial charge in [-0.05, 0) is 141 Å². The highest BCUT2D eigenvalue weighted by Gasteiger charge is 2.51. The van der Waals surface area contributed by atoms with Crippen molar-refractivity contribution < 1.29 is 67.3 Å². The fourth-order valence-electron chi connectivity index (χ4n) is 13.1. The Hall–Kier alpha value is -9.08. The van der Waals surface area contributed by atoms with E-state index < -0.39 is 45.5 Å². The van der Waals surface area contributed by atoms with Crippen LogP contribution in [0.1, 0.15) is 68.2 Å². The Bertz CT molecular complexity index is 5400. The number of hydrogen-bond acceptors (Lipinski definition) is 37. The second kappa shape index (κ2) is 48.0. The lowest BCUT2D eigenvalue weighted by atomic mass is 9.82. The Labute approximate surface area is 787 Å². The molecular formula is C85H84Br2Cl3N17O14S6. The van der Waals surface area contributed by atoms with Gasteiger partial charge in [-0.25, -0.2) is 59.8 Å². The van der Waals surface area contributed by atoms with Crippen molar-refractivity contribution in [3.05, 3.63) is 259 Å². The third-order valence-electron chi connectivity index (χ3n) is 19.9. The third kappa shape index (κ3) is 26.4. The highest BCUT2D eigenvalue weighted by Crippen LogP contribution is 2.46. The molecule has 6 fully saturated rings. The van der Waals surface area contributed by atoms with E-state index in [9.17, 15) is 34.2 Å². The van der Waals surface area contributed by atoms with E-state index in [0.717, 1.165) is 108 Å². The van der Waals surface area contributed by atoms with Crippen molar-refractivity contribution in [1.82, 2.24) is 59.8 Å². The molecule has 2 N–H and O–H groups in total. The van der Waals surface area contributed by atoms with Crippen molar-refractivity contribution in [3.8, 4) is 0 Å². The van der Waals surface area contributed by atoms with Crippen LogP contribution in [-0.4, -0.2) is 248 Å². The number of thioether (sulfide) groups is 2. The Kier molecular flexibility index (Phi) is 36.1. The molecule has 42 heteroatoms. The molecule has 127 heavy (non-hydrogen) atoms. The van der Waals surface area contributed by atoms with Gasteiger partial charge in [-0.1, -0.05) is 47.5 Å². The zero-order chi connectivity index (χ0) is 88.9. The molecular weight excluding hydrogens is 1940 g/mol. The monoisotopic (exact) mass is 2020 g/mol. The molecule has 18 rings (SSSR count). The van der Waals surface area contributed by atoms with Crippen molar-refractivity contribution in [2.24, 2.45) is 0 Å². The molecule has 0 amide bonds. The zero-order valence-corrected chi connectivity index (χ0v) is 78.3. The number of thiophene rings is 4. The topological polar surface area (TPSA) is 361 Å². The van der Waals surface area contributed by atoms with Crippen LogP contribution in [-0.2, 0) is 63.5 Å². The normalized spacial score (nSPS) is 17.9. The number of aliphatic hydroxyl groups is 2. The minimum absolute atomic E-state index is 0.00213. The van der Waals surface area contributed by atoms with Crippen LogP contribution in [0, 0.1) is 0 Å². The number of halogens is 5. The number of esters is 2. The van der Waals surface area contributed by atoms with Crippen LogP contribution < -0.4 is 24.5 Å². The Balaban J connectivity index is 0.000000138. The van der Waals surface area contributed by atoms with Crippen LogP contribution >= 0.6 is 136 Å². The second-order valence-corrected chi connectivity index (χ2v) is 36.5. The van der Waals surface area contributed by atoms with Crippen LogP contribution in [0.2, 0.25) is 15.3 Å². The lowest BCUT2D eigenvalue weighted by molar-refractivity contribution is -0.166. The van der Waals surface area contributed by atoms with Gasteiger partial charge < -0.3 is 67.9 Å². The molecule has 6 saturated heterocycles. The van der Waals surface area contributed by atoms with E-state index >= 15 is 0 Å². The number of aromatic nitrogens is 12. The molecule has 6 aliphatic heterocycles. The van der Waals surface area contributed by atoms with Crippen molar-refractivity contribution >= 4 is 195 Å². The fourth-order valence-corrected chi connectivity index (χ4v) is 18.9. The number of carbonyl (C=O) groups excluding carboxylic acids is 5. The first kappa shape index (κ1) is 95.5. The minimum Gasteiger partial charge on any atom is -0.468 e. The van der Waals surface area contributed by atoms with Gasteiger partial charge >= 0.3 is 11.9 Å². The molecule has 664 valence electrons. The van der Waals surface area contributed by atoms with E-state index in [0.29, 0.717) is 150 Å². The summed E-state index contributed by atoms with van der Waals surface area (Å²) in [5.41, 5.74) is 2.01. The quantitative estimate of drug-likeness (QED) is 0.0222. The highest BCUT2D eigenvalue weighted by molar-refractivity contribution is 9.10. The number of ketones is 3. The Morgan fingerprint density at radius 2 is 0.921 bits per heavy atom. The van der Waals surface area contributed by atoms with Gasteiger partial charge in [-0.2, -0.15) is 45.3 Å². The van der Waals surface area contributed by atoms with Gasteiger partial charge in [-0.15, -0.1) is 23.5 Å². The average molecular weight is 2030 g/mol. The number of rotatable bonds is 21. The lowest BCUT2D eigenvalue weighted by Gasteiger charge is -2.38. The smallest absolute Gasteiger partial charge is 0.328 e. The van der Waals surface area contributed by atoms with Gasteiger partial charge in [0.05, 0.1) is 104 Å². The molecule has 0 saturated carbocycles. The predicted octanol–water partition coefficient (Wildman–Crippen LogP) is 13.5. The first-order valence-corrected chi connectivity index (χ1v) is 47.8. The largest absolute Gasteiger partial charge is 0.468 e. The maximum absolute atomic E-state index is 13.5. The Morgan fingerprint density at radius 1 is 0.496 bits per heavy atom. The molecule has 2 aromatic carbocycles. The lowest BCUT2D eigenvalue weighted by Crippen LogP contribution is -2.48. The van der Waals surface area contributed by atoms with E-state index in [1.54, 1.807) is 127 Å². The number of carbonyl (C=O) groups is 5. The maximum Gasteiger partial charge on any atom is 0.328 e. The van der Waals surface area contributed by atoms with E-state index in [2.05, 4.69) is 106 Å². The van der Waals surface area contributed by atoms with E-state index in [1.807, 2.05) is 71.7 Å². The third-order valence-corrected chi connectivity index (χ3v) is 27.1. The second-order valence-electron chi connectivity index (χ2n) is 28.1. The van der Waals surface area contributed by atoms with Gasteiger partial charge in [-0.3, -0.25) is 24.0 Å². The van der Waals surface area contributed by atoms with Crippen LogP contribution in [0.4, 0.5) is 29.7 Å². The standard InChI is InChI=1S/C24H24ClN3O5S2.C23H20ClN3O4S2.C13H15N3O2S.C13H13N3O2S.C8H10BrN3O.C4H2BrClN2/c1-32-22(30)21(35-20-5-3-2-4-18(20)25)19(29)12-24(31,16-6-11-34-15-16)17-13-26-23(27-14-17)28-7-9-33-10-8-28;24-17-3-1-2-4-19(17)33-20-18(28)11-23(31-21(20)29,15-5-10-32-14-15)16-12-25-22(26-13-16)27-6-8-30-9-7-27;2*17-12(10-1-6-19-9-10)11-7-14-13(15-8-11)16-2-4-18-5-3-16;9-7-5-10-8(11-6-7)12-1-3-13-4-2-12;5-3-1-7-4(6)8-2-3/h2-6,11,13-15,21,31H,7-10,12H2,1H3;1-5,10,12-14,20H,6-9,11H2;1,6-9,12,17H,2-5H2;1,6-9H,2-5H2;5-6H,1-4H2;1-2H. The molecule has 0 radical (unpaired) electrons. The number of benzene rings is 2. The number of cyclic esters (lactones) is 1. The summed E-state index contributed by atoms with van der Waals surface area (Å²) >= 11 is 32.4. The summed E-state index contributed by atoms with van der Waals surface area (Å²) in [6, 6.07) is 21.4. The summed E-state index contributed by atoms with van der Waals surface area (Å²) < 4.78 is 39.3. The van der Waals surface area contributed by atoms with E-state index in [1.165, 1.54) is 53.5 Å². The molecule has 31 nitrogen and oxygen atoms in total. The summed E-state index contributed by atoms with van der Waals surface area (Å²) in [5, 5.41) is 35.9. The molecule has 16 heterocycles. The van der Waals surface area contributed by atoms with Gasteiger partial charge in [0.2, 0.25) is 35.0 Å². The maximum atomic E-state index is 13.5. The van der Waals surface area contributed by atoms with Crippen molar-refractivity contribution in [2.45, 2.75) is 50.4 Å². The summed E-state index contributed by atoms with van der Waals surface area (Å²) in [4.78, 5) is 127. The summed E-state index contributed by atoms with van der Waals surface area (Å²) in [6.45, 7) is 14.5. The van der Waals surface area contributed by atoms with Crippen LogP contribution in [0.15, 0.2) is 209 Å². The van der Waals surface area contributed by atoms with E-state index in [4.69, 9.17) is 68.0 Å². The van der Waals surface area contributed by atoms with Crippen LogP contribution in [0.3, 0.4) is 0 Å². The predicted molar refractivity (Wildman–Crippen MR) is 496 cm³/mol. The molecule has 0 bridgehead atoms. The number of Topliss-reactive ketones (excluding diaryl/α,β-unsaturated/α-hetero) is 2. The number of morpholine rings is 5. The highest BCUT2D eigenvalue weighted by atomic mass is 79.9. The first-order valence-electron chi connectivity index (χ1n) is 39.6. The summed E-state index contributed by atoms with van der Waals surface area (Å²) in [7, 11) is 1.22. The zero-order valence-electron chi connectivity index (χ0n) is 68.0. The molecule has 0 aliphatic carbocycles. The molecule has 10 aromatic heterocycles. The molecule has 0 spiro atoms. The van der Waals surface area contributed by atoms with Gasteiger partial charge in [0, 0.05) is 189 Å². The van der Waals surface area contributed by atoms with Crippen molar-refractivity contribution in [2.75, 3.05) is 163 Å². The SMILES string of the molecule is Brc1cnc(N2CCOCC2)nc1.COC(=O)C(Sc1ccccc1Cl)C(=O)CC(O)(c1cnc(N2CCOCC2)nc1)c1ccsc1.Clc1ncc(Br)cn1.O=C(c1cnc(N2CCOCC2)nc1)c1ccsc1.O=C1CC(c2cnc(N3CCOCC3)nc2)(c2ccsc2)OC(=O)C1Sc1ccccc1Cl.OC(c1cnc(N2CCOCC2)nc1)c1ccsc1. The van der Waals surface area contributed by atoms with Gasteiger partial charge in [0.25, 0.3) is 0 Å². The molecule has 5 unspecified atom stereocenters. The number of ether oxygens (including phenoxy) is 7. The molecule has 5 atom stereocenters. The first-order chi connectivity index (χ1) is 61.8. The van der Waals surface area contributed by atoms with Gasteiger partial charge in [0.15, 0.2) is 33.5 Å². The minimum atomic E-state index is -1.73. The van der Waals surface area contributed by atoms with Gasteiger partial charge in [0.1, 0.15) is 11.7 Å². The molecule has 6 aliphatic rings. The number of methoxy groups -OCH3 is 1. The van der Waals surface area contributed by atoms with E-state index in [-0.39, 0.29) is 29.7 Å². The average Bonchev–Trinajstić information content (AvgIpc) is 1.22. The number of anilines is 5. The fraction of sp³-hybridized carbons (Fsp3) is 0.329. The molecule has 12 aromatic rings. The number of nitrogens with zero attached hydrogens (tertiary/aromatic N) is 17. The van der Waals surface area contributed by atoms with Crippen LogP contribution in [0.25, 0.3) is 0 Å². The number of hydrogen-bond donors (Lipinski definition) is 2. The van der Waals surface area contributed by atoms with Crippen molar-refractivity contribution in [3.63, 3.8) is 0 Å². The van der Waals surface area contributed by atoms with Crippen LogP contribution in [0.5, 0.6) is 0 Å². The summed E-state index contributed by atoms with van der Waals surface area (Å²) in [5.74, 6) is 1.18.